The Morgan fingerprint density at radius 2 is 1.73 bits per heavy atom. The van der Waals surface area contributed by atoms with Crippen LogP contribution in [0.3, 0.4) is 0 Å². The van der Waals surface area contributed by atoms with Crippen LogP contribution < -0.4 is 14.6 Å². The number of nitro benzene ring substituents is 1. The second-order valence-corrected chi connectivity index (χ2v) is 7.20. The number of benzene rings is 2. The second-order valence-electron chi connectivity index (χ2n) is 6.79. The molecule has 0 saturated carbocycles. The van der Waals surface area contributed by atoms with Gasteiger partial charge in [0.1, 0.15) is 5.69 Å². The second kappa shape index (κ2) is 12.9. The predicted octanol–water partition coefficient (Wildman–Crippen LogP) is 4.23. The predicted molar refractivity (Wildman–Crippen MR) is 124 cm³/mol. The van der Waals surface area contributed by atoms with E-state index in [1.165, 1.54) is 18.2 Å². The summed E-state index contributed by atoms with van der Waals surface area (Å²) in [6.45, 7) is 5.78. The van der Waals surface area contributed by atoms with E-state index < -0.39 is 10.9 Å². The summed E-state index contributed by atoms with van der Waals surface area (Å²) in [5.74, 6) is -1.08. The largest absolute Gasteiger partial charge is 0.550 e. The molecule has 3 aromatic rings. The lowest BCUT2D eigenvalue weighted by atomic mass is 10.2. The maximum absolute atomic E-state index is 10.8. The third-order valence-corrected chi connectivity index (χ3v) is 4.72. The average Bonchev–Trinajstić information content (AvgIpc) is 2.79. The number of hydrogen-bond acceptors (Lipinski definition) is 7. The average molecular weight is 470 g/mol. The maximum atomic E-state index is 10.8. The molecule has 0 radical (unpaired) electrons. The van der Waals surface area contributed by atoms with Crippen LogP contribution in [-0.2, 0) is 11.3 Å². The highest BCUT2D eigenvalue weighted by Gasteiger charge is 2.10. The van der Waals surface area contributed by atoms with Gasteiger partial charge in [0.15, 0.2) is 18.9 Å². The molecule has 0 aliphatic heterocycles. The van der Waals surface area contributed by atoms with Crippen LogP contribution in [0, 0.1) is 10.1 Å². The Morgan fingerprint density at radius 3 is 2.27 bits per heavy atom. The normalized spacial score (nSPS) is 10.4. The molecule has 2 aromatic carbocycles. The molecule has 0 fully saturated rings. The Kier molecular flexibility index (Phi) is 9.91. The summed E-state index contributed by atoms with van der Waals surface area (Å²) in [7, 11) is 0. The molecule has 0 N–H and O–H groups in total. The molecular weight excluding hydrogens is 446 g/mol. The molecular formula is C23H24ClN5O4. The van der Waals surface area contributed by atoms with Gasteiger partial charge >= 0.3 is 0 Å². The van der Waals surface area contributed by atoms with Crippen molar-refractivity contribution in [2.45, 2.75) is 20.4 Å². The molecule has 0 atom stereocenters. The van der Waals surface area contributed by atoms with E-state index in [9.17, 15) is 10.1 Å². The fourth-order valence-electron chi connectivity index (χ4n) is 2.82. The van der Waals surface area contributed by atoms with E-state index >= 15 is 0 Å². The molecule has 0 aliphatic rings. The first-order valence-corrected chi connectivity index (χ1v) is 10.5. The standard InChI is InChI=1S/C21H21ClN5O2.C2H4O2/c1-2-26(15-14-25-12-4-3-5-13-25)18-8-6-17(7-9-18)23-24-21-11-10-19(27(28)29)16-20(21)22;1-2(3)4/h3-13,16H,2,14-15H2,1H3;1H3,(H,3,4)/q+1;/p-1. The quantitative estimate of drug-likeness (QED) is 0.212. The van der Waals surface area contributed by atoms with Crippen molar-refractivity contribution in [1.29, 1.82) is 0 Å². The Balaban J connectivity index is 0.000000890. The Bertz CT molecular complexity index is 1090. The number of rotatable bonds is 8. The monoisotopic (exact) mass is 469 g/mol. The van der Waals surface area contributed by atoms with Crippen molar-refractivity contribution in [2.75, 3.05) is 18.0 Å². The highest BCUT2D eigenvalue weighted by molar-refractivity contribution is 6.33. The lowest BCUT2D eigenvalue weighted by molar-refractivity contribution is -0.694. The van der Waals surface area contributed by atoms with Crippen LogP contribution in [0.5, 0.6) is 0 Å². The van der Waals surface area contributed by atoms with Gasteiger partial charge in [0.05, 0.1) is 22.2 Å². The van der Waals surface area contributed by atoms with E-state index in [1.54, 1.807) is 0 Å². The van der Waals surface area contributed by atoms with Gasteiger partial charge in [0, 0.05) is 42.5 Å². The van der Waals surface area contributed by atoms with E-state index in [2.05, 4.69) is 39.0 Å². The van der Waals surface area contributed by atoms with E-state index in [0.717, 1.165) is 32.2 Å². The molecule has 1 heterocycles. The van der Waals surface area contributed by atoms with Crippen molar-refractivity contribution in [1.82, 2.24) is 0 Å². The SMILES string of the molecule is CC(=O)[O-].CCN(CC[n+]1ccccc1)c1ccc(N=Nc2ccc([N+](=O)[O-])cc2Cl)cc1. The zero-order valence-electron chi connectivity index (χ0n) is 18.3. The molecule has 9 nitrogen and oxygen atoms in total. The number of carbonyl (C=O) groups excluding carboxylic acids is 1. The van der Waals surface area contributed by atoms with E-state index in [1.807, 2.05) is 42.5 Å². The number of nitrogens with zero attached hydrogens (tertiary/aromatic N) is 5. The summed E-state index contributed by atoms with van der Waals surface area (Å²) in [6.07, 6.45) is 4.11. The van der Waals surface area contributed by atoms with Gasteiger partial charge in [-0.25, -0.2) is 4.57 Å². The Morgan fingerprint density at radius 1 is 1.09 bits per heavy atom. The van der Waals surface area contributed by atoms with Gasteiger partial charge in [-0.05, 0) is 44.2 Å². The number of likely N-dealkylation sites (N-methyl/N-ethyl adjacent to an activating group) is 1. The minimum atomic E-state index is -1.08. The number of aromatic nitrogens is 1. The molecule has 0 bridgehead atoms. The number of nitro groups is 1. The van der Waals surface area contributed by atoms with Crippen molar-refractivity contribution >= 4 is 40.3 Å². The lowest BCUT2D eigenvalue weighted by Crippen LogP contribution is -2.40. The number of carbonyl (C=O) groups is 1. The molecule has 3 rings (SSSR count). The van der Waals surface area contributed by atoms with Crippen molar-refractivity contribution in [2.24, 2.45) is 10.2 Å². The molecule has 0 spiro atoms. The fraction of sp³-hybridized carbons (Fsp3) is 0.217. The Labute approximate surface area is 196 Å². The van der Waals surface area contributed by atoms with E-state index in [-0.39, 0.29) is 10.7 Å². The first-order chi connectivity index (χ1) is 15.8. The molecule has 10 heteroatoms. The van der Waals surface area contributed by atoms with Crippen molar-refractivity contribution in [3.8, 4) is 0 Å². The maximum Gasteiger partial charge on any atom is 0.271 e. The number of hydrogen-bond donors (Lipinski definition) is 0. The van der Waals surface area contributed by atoms with Crippen molar-refractivity contribution in [3.05, 3.63) is 88.2 Å². The number of halogens is 1. The van der Waals surface area contributed by atoms with Gasteiger partial charge < -0.3 is 14.8 Å². The van der Waals surface area contributed by atoms with Gasteiger partial charge in [-0.3, -0.25) is 10.1 Å². The van der Waals surface area contributed by atoms with Crippen LogP contribution in [-0.4, -0.2) is 24.0 Å². The minimum Gasteiger partial charge on any atom is -0.550 e. The van der Waals surface area contributed by atoms with E-state index in [4.69, 9.17) is 21.5 Å². The number of carboxylic acid groups (broad SMARTS) is 1. The van der Waals surface area contributed by atoms with Crippen LogP contribution in [0.1, 0.15) is 13.8 Å². The number of azo groups is 1. The van der Waals surface area contributed by atoms with Gasteiger partial charge in [-0.15, -0.1) is 5.11 Å². The molecule has 0 aliphatic carbocycles. The van der Waals surface area contributed by atoms with E-state index in [0.29, 0.717) is 11.4 Å². The molecule has 0 unspecified atom stereocenters. The zero-order valence-corrected chi connectivity index (χ0v) is 19.1. The summed E-state index contributed by atoms with van der Waals surface area (Å²) in [5.41, 5.74) is 2.09. The number of aliphatic carboxylic acids is 1. The Hall–Kier alpha value is -3.85. The smallest absolute Gasteiger partial charge is 0.271 e. The molecule has 0 saturated heterocycles. The lowest BCUT2D eigenvalue weighted by Gasteiger charge is -2.21. The van der Waals surface area contributed by atoms with Gasteiger partial charge in [0.2, 0.25) is 0 Å². The van der Waals surface area contributed by atoms with Crippen LogP contribution in [0.2, 0.25) is 5.02 Å². The first-order valence-electron chi connectivity index (χ1n) is 10.1. The van der Waals surface area contributed by atoms with Crippen molar-refractivity contribution in [3.63, 3.8) is 0 Å². The van der Waals surface area contributed by atoms with Crippen LogP contribution in [0.25, 0.3) is 0 Å². The first kappa shape index (κ1) is 25.4. The highest BCUT2D eigenvalue weighted by atomic mass is 35.5. The summed E-state index contributed by atoms with van der Waals surface area (Å²) in [4.78, 5) is 21.4. The fourth-order valence-corrected chi connectivity index (χ4v) is 3.03. The van der Waals surface area contributed by atoms with Gasteiger partial charge in [-0.2, -0.15) is 5.11 Å². The number of pyridine rings is 1. The molecule has 172 valence electrons. The third kappa shape index (κ3) is 8.66. The van der Waals surface area contributed by atoms with Crippen LogP contribution in [0.4, 0.5) is 22.7 Å². The zero-order chi connectivity index (χ0) is 24.2. The van der Waals surface area contributed by atoms with Gasteiger partial charge in [0.25, 0.3) is 5.69 Å². The topological polar surface area (TPSA) is 115 Å². The summed E-state index contributed by atoms with van der Waals surface area (Å²) < 4.78 is 2.15. The highest BCUT2D eigenvalue weighted by Crippen LogP contribution is 2.30. The van der Waals surface area contributed by atoms with Crippen LogP contribution in [0.15, 0.2) is 83.3 Å². The number of non-ortho nitro benzene ring substituents is 1. The number of anilines is 1. The minimum absolute atomic E-state index is 0.0772. The van der Waals surface area contributed by atoms with Crippen molar-refractivity contribution < 1.29 is 19.4 Å². The summed E-state index contributed by atoms with van der Waals surface area (Å²) in [5, 5.41) is 28.1. The third-order valence-electron chi connectivity index (χ3n) is 4.42. The summed E-state index contributed by atoms with van der Waals surface area (Å²) >= 11 is 6.04. The molecule has 33 heavy (non-hydrogen) atoms. The van der Waals surface area contributed by atoms with Gasteiger partial charge in [-0.1, -0.05) is 17.7 Å². The number of carboxylic acids is 1. The van der Waals surface area contributed by atoms with Crippen LogP contribution >= 0.6 is 11.6 Å². The summed E-state index contributed by atoms with van der Waals surface area (Å²) in [6, 6.07) is 17.9. The molecule has 1 aromatic heterocycles. The molecule has 0 amide bonds.